The first kappa shape index (κ1) is 10.1. The Morgan fingerprint density at radius 1 is 1.30 bits per heavy atom. The fourth-order valence-electron chi connectivity index (χ4n) is 0.871. The first-order valence-corrected chi connectivity index (χ1v) is 7.08. The molecule has 0 fully saturated rings. The van der Waals surface area contributed by atoms with Crippen LogP contribution in [0.1, 0.15) is 13.8 Å². The highest BCUT2D eigenvalue weighted by atomic mass is 28.4. The van der Waals surface area contributed by atoms with Crippen LogP contribution in [-0.4, -0.2) is 20.5 Å². The van der Waals surface area contributed by atoms with Gasteiger partial charge in [-0.2, -0.15) is 0 Å². The zero-order chi connectivity index (χ0) is 8.41. The van der Waals surface area contributed by atoms with Crippen LogP contribution in [-0.2, 0) is 4.43 Å². The topological polar surface area (TPSA) is 35.2 Å². The van der Waals surface area contributed by atoms with Gasteiger partial charge in [-0.3, -0.25) is 0 Å². The summed E-state index contributed by atoms with van der Waals surface area (Å²) >= 11 is 0. The number of nitrogens with two attached hydrogens (primary N) is 1. The lowest BCUT2D eigenvalue weighted by atomic mass is 10.1. The van der Waals surface area contributed by atoms with Gasteiger partial charge in [0.25, 0.3) is 0 Å². The number of hydrogen-bond donors (Lipinski definition) is 1. The minimum absolute atomic E-state index is 0.134. The molecule has 62 valence electrons. The Hall–Kier alpha value is 0.137. The van der Waals surface area contributed by atoms with Crippen LogP contribution in [0.3, 0.4) is 0 Å². The van der Waals surface area contributed by atoms with Crippen LogP contribution in [0.5, 0.6) is 0 Å². The summed E-state index contributed by atoms with van der Waals surface area (Å²) in [5.41, 5.74) is 5.38. The molecule has 0 aliphatic carbocycles. The van der Waals surface area contributed by atoms with Crippen molar-refractivity contribution < 1.29 is 4.43 Å². The molecule has 0 bridgehead atoms. The van der Waals surface area contributed by atoms with Gasteiger partial charge in [0.05, 0.1) is 5.60 Å². The molecule has 0 saturated carbocycles. The first-order chi connectivity index (χ1) is 4.27. The minimum atomic E-state index is -1.39. The van der Waals surface area contributed by atoms with E-state index in [4.69, 9.17) is 10.2 Å². The van der Waals surface area contributed by atoms with Crippen molar-refractivity contribution in [1.29, 1.82) is 0 Å². The van der Waals surface area contributed by atoms with E-state index in [1.54, 1.807) is 0 Å². The molecule has 0 heterocycles. The van der Waals surface area contributed by atoms with E-state index >= 15 is 0 Å². The third-order valence-electron chi connectivity index (χ3n) is 1.07. The molecule has 0 aromatic heterocycles. The lowest BCUT2D eigenvalue weighted by Gasteiger charge is -2.31. The van der Waals surface area contributed by atoms with Gasteiger partial charge in [-0.15, -0.1) is 0 Å². The van der Waals surface area contributed by atoms with E-state index in [0.29, 0.717) is 6.54 Å². The third kappa shape index (κ3) is 4.96. The summed E-state index contributed by atoms with van der Waals surface area (Å²) in [6.07, 6.45) is 0. The van der Waals surface area contributed by atoms with E-state index in [1.165, 1.54) is 0 Å². The van der Waals surface area contributed by atoms with Crippen molar-refractivity contribution in [2.24, 2.45) is 5.73 Å². The van der Waals surface area contributed by atoms with Crippen molar-refractivity contribution >= 4 is 8.32 Å². The normalized spacial score (nSPS) is 13.8. The molecule has 0 aromatic rings. The van der Waals surface area contributed by atoms with E-state index in [1.807, 2.05) is 13.8 Å². The monoisotopic (exact) mass is 161 g/mol. The van der Waals surface area contributed by atoms with Gasteiger partial charge in [-0.05, 0) is 33.5 Å². The SMILES string of the molecule is CC(C)(CN)O[Si](C)(C)C. The fraction of sp³-hybridized carbons (Fsp3) is 1.00. The van der Waals surface area contributed by atoms with Crippen LogP contribution in [0.4, 0.5) is 0 Å². The van der Waals surface area contributed by atoms with Crippen molar-refractivity contribution in [3.05, 3.63) is 0 Å². The maximum Gasteiger partial charge on any atom is 0.184 e. The van der Waals surface area contributed by atoms with Gasteiger partial charge < -0.3 is 10.2 Å². The predicted molar refractivity (Wildman–Crippen MR) is 47.6 cm³/mol. The molecule has 0 atom stereocenters. The molecule has 0 spiro atoms. The molecule has 0 aliphatic rings. The molecule has 10 heavy (non-hydrogen) atoms. The Morgan fingerprint density at radius 3 is 1.80 bits per heavy atom. The molecular weight excluding hydrogens is 142 g/mol. The second-order valence-corrected chi connectivity index (χ2v) is 8.61. The molecule has 0 aromatic carbocycles. The van der Waals surface area contributed by atoms with Gasteiger partial charge >= 0.3 is 0 Å². The van der Waals surface area contributed by atoms with Crippen LogP contribution >= 0.6 is 0 Å². The molecule has 0 amide bonds. The molecule has 2 nitrogen and oxygen atoms in total. The van der Waals surface area contributed by atoms with Gasteiger partial charge in [0.2, 0.25) is 0 Å². The van der Waals surface area contributed by atoms with Crippen molar-refractivity contribution in [3.8, 4) is 0 Å². The summed E-state index contributed by atoms with van der Waals surface area (Å²) in [5.74, 6) is 0. The Bertz CT molecular complexity index is 107. The molecule has 2 N–H and O–H groups in total. The van der Waals surface area contributed by atoms with Crippen LogP contribution in [0, 0.1) is 0 Å². The molecule has 0 unspecified atom stereocenters. The van der Waals surface area contributed by atoms with Gasteiger partial charge in [-0.1, -0.05) is 0 Å². The van der Waals surface area contributed by atoms with Crippen molar-refractivity contribution in [2.75, 3.05) is 6.54 Å². The van der Waals surface area contributed by atoms with E-state index < -0.39 is 8.32 Å². The molecule has 0 saturated heterocycles. The predicted octanol–water partition coefficient (Wildman–Crippen LogP) is 1.58. The van der Waals surface area contributed by atoms with E-state index in [0.717, 1.165) is 0 Å². The average molecular weight is 161 g/mol. The lowest BCUT2D eigenvalue weighted by molar-refractivity contribution is 0.110. The summed E-state index contributed by atoms with van der Waals surface area (Å²) in [6, 6.07) is 0. The highest BCUT2D eigenvalue weighted by Gasteiger charge is 2.25. The summed E-state index contributed by atoms with van der Waals surface area (Å²) in [4.78, 5) is 0. The largest absolute Gasteiger partial charge is 0.411 e. The smallest absolute Gasteiger partial charge is 0.184 e. The lowest BCUT2D eigenvalue weighted by Crippen LogP contribution is -2.43. The zero-order valence-corrected chi connectivity index (χ0v) is 8.69. The standard InChI is InChI=1S/C7H19NOSi/c1-7(2,6-8)9-10(3,4)5/h6,8H2,1-5H3. The van der Waals surface area contributed by atoms with Gasteiger partial charge in [0, 0.05) is 6.54 Å². The van der Waals surface area contributed by atoms with E-state index in [9.17, 15) is 0 Å². The van der Waals surface area contributed by atoms with Crippen molar-refractivity contribution in [2.45, 2.75) is 39.1 Å². The summed E-state index contributed by atoms with van der Waals surface area (Å²) in [7, 11) is -1.39. The van der Waals surface area contributed by atoms with Gasteiger partial charge in [0.1, 0.15) is 0 Å². The Kier molecular flexibility index (Phi) is 3.07. The quantitative estimate of drug-likeness (QED) is 0.638. The van der Waals surface area contributed by atoms with Gasteiger partial charge in [0.15, 0.2) is 8.32 Å². The maximum atomic E-state index is 5.79. The van der Waals surface area contributed by atoms with Crippen LogP contribution in [0.25, 0.3) is 0 Å². The highest BCUT2D eigenvalue weighted by Crippen LogP contribution is 2.15. The number of hydrogen-bond acceptors (Lipinski definition) is 2. The molecule has 0 aliphatic heterocycles. The van der Waals surface area contributed by atoms with Crippen LogP contribution < -0.4 is 5.73 Å². The maximum absolute atomic E-state index is 5.79. The fourth-order valence-corrected chi connectivity index (χ4v) is 2.61. The average Bonchev–Trinajstić information content (AvgIpc) is 1.60. The Morgan fingerprint density at radius 2 is 1.70 bits per heavy atom. The van der Waals surface area contributed by atoms with Crippen LogP contribution in [0.15, 0.2) is 0 Å². The number of rotatable bonds is 3. The second kappa shape index (κ2) is 3.03. The Labute approximate surface area is 64.9 Å². The van der Waals surface area contributed by atoms with Gasteiger partial charge in [-0.25, -0.2) is 0 Å². The van der Waals surface area contributed by atoms with Crippen molar-refractivity contribution in [1.82, 2.24) is 0 Å². The van der Waals surface area contributed by atoms with Crippen molar-refractivity contribution in [3.63, 3.8) is 0 Å². The Balaban J connectivity index is 3.89. The zero-order valence-electron chi connectivity index (χ0n) is 7.69. The molecular formula is C7H19NOSi. The first-order valence-electron chi connectivity index (χ1n) is 3.67. The minimum Gasteiger partial charge on any atom is -0.411 e. The highest BCUT2D eigenvalue weighted by molar-refractivity contribution is 6.69. The third-order valence-corrected chi connectivity index (χ3v) is 2.24. The summed E-state index contributed by atoms with van der Waals surface area (Å²) < 4.78 is 5.79. The van der Waals surface area contributed by atoms with E-state index in [-0.39, 0.29) is 5.60 Å². The molecule has 0 rings (SSSR count). The molecule has 0 radical (unpaired) electrons. The van der Waals surface area contributed by atoms with Crippen LogP contribution in [0.2, 0.25) is 19.6 Å². The van der Waals surface area contributed by atoms with E-state index in [2.05, 4.69) is 19.6 Å². The summed E-state index contributed by atoms with van der Waals surface area (Å²) in [6.45, 7) is 11.2. The summed E-state index contributed by atoms with van der Waals surface area (Å²) in [5, 5.41) is 0. The molecule has 3 heteroatoms. The second-order valence-electron chi connectivity index (χ2n) is 4.18.